The van der Waals surface area contributed by atoms with Crippen LogP contribution in [0.2, 0.25) is 0 Å². The SMILES string of the molecule is CN(C)C(=O)c1ccc(NCc2ccc(Br)s2)cc1. The third-order valence-electron chi connectivity index (χ3n) is 2.63. The fraction of sp³-hybridized carbons (Fsp3) is 0.214. The molecule has 3 nitrogen and oxygen atoms in total. The van der Waals surface area contributed by atoms with Crippen molar-refractivity contribution in [3.05, 3.63) is 50.6 Å². The number of halogens is 1. The molecule has 0 aliphatic rings. The van der Waals surface area contributed by atoms with Crippen LogP contribution >= 0.6 is 27.3 Å². The molecule has 2 rings (SSSR count). The molecule has 1 heterocycles. The van der Waals surface area contributed by atoms with Crippen LogP contribution in [0.3, 0.4) is 0 Å². The Kier molecular flexibility index (Phi) is 4.61. The number of hydrogen-bond donors (Lipinski definition) is 1. The maximum absolute atomic E-state index is 11.7. The monoisotopic (exact) mass is 338 g/mol. The fourth-order valence-corrected chi connectivity index (χ4v) is 3.05. The average Bonchev–Trinajstić information content (AvgIpc) is 2.82. The Morgan fingerprint density at radius 1 is 1.21 bits per heavy atom. The number of nitrogens with zero attached hydrogens (tertiary/aromatic N) is 1. The molecule has 1 aromatic heterocycles. The molecule has 100 valence electrons. The third-order valence-corrected chi connectivity index (χ3v) is 4.26. The maximum Gasteiger partial charge on any atom is 0.253 e. The number of carbonyl (C=O) groups is 1. The summed E-state index contributed by atoms with van der Waals surface area (Å²) in [7, 11) is 3.51. The third kappa shape index (κ3) is 3.81. The van der Waals surface area contributed by atoms with Crippen molar-refractivity contribution in [3.8, 4) is 0 Å². The molecule has 5 heteroatoms. The first-order valence-electron chi connectivity index (χ1n) is 5.86. The molecule has 1 amide bonds. The van der Waals surface area contributed by atoms with Gasteiger partial charge < -0.3 is 10.2 Å². The number of amides is 1. The molecule has 0 saturated carbocycles. The van der Waals surface area contributed by atoms with Gasteiger partial charge in [0.1, 0.15) is 0 Å². The molecule has 0 aliphatic heterocycles. The van der Waals surface area contributed by atoms with Gasteiger partial charge in [0.15, 0.2) is 0 Å². The van der Waals surface area contributed by atoms with E-state index < -0.39 is 0 Å². The van der Waals surface area contributed by atoms with Crippen molar-refractivity contribution in [2.45, 2.75) is 6.54 Å². The van der Waals surface area contributed by atoms with Crippen LogP contribution in [0.1, 0.15) is 15.2 Å². The van der Waals surface area contributed by atoms with Crippen molar-refractivity contribution in [2.24, 2.45) is 0 Å². The summed E-state index contributed by atoms with van der Waals surface area (Å²) in [6.07, 6.45) is 0. The summed E-state index contributed by atoms with van der Waals surface area (Å²) in [6, 6.07) is 11.7. The lowest BCUT2D eigenvalue weighted by Crippen LogP contribution is -2.21. The van der Waals surface area contributed by atoms with E-state index >= 15 is 0 Å². The minimum absolute atomic E-state index is 0.0220. The number of nitrogens with one attached hydrogen (secondary N) is 1. The lowest BCUT2D eigenvalue weighted by atomic mass is 10.2. The number of thiophene rings is 1. The molecule has 0 unspecified atom stereocenters. The molecular formula is C14H15BrN2OS. The second kappa shape index (κ2) is 6.21. The zero-order chi connectivity index (χ0) is 13.8. The van der Waals surface area contributed by atoms with Crippen LogP contribution in [0.15, 0.2) is 40.2 Å². The summed E-state index contributed by atoms with van der Waals surface area (Å²) >= 11 is 5.16. The first kappa shape index (κ1) is 14.1. The summed E-state index contributed by atoms with van der Waals surface area (Å²) in [5.74, 6) is 0.0220. The summed E-state index contributed by atoms with van der Waals surface area (Å²) in [5, 5.41) is 3.33. The molecule has 0 radical (unpaired) electrons. The van der Waals surface area contributed by atoms with E-state index in [1.165, 1.54) is 4.88 Å². The van der Waals surface area contributed by atoms with Crippen LogP contribution in [-0.4, -0.2) is 24.9 Å². The maximum atomic E-state index is 11.7. The molecule has 0 saturated heterocycles. The summed E-state index contributed by atoms with van der Waals surface area (Å²) in [4.78, 5) is 14.6. The minimum Gasteiger partial charge on any atom is -0.380 e. The molecule has 19 heavy (non-hydrogen) atoms. The van der Waals surface area contributed by atoms with Crippen LogP contribution in [0, 0.1) is 0 Å². The smallest absolute Gasteiger partial charge is 0.253 e. The molecule has 0 bridgehead atoms. The number of carbonyl (C=O) groups excluding carboxylic acids is 1. The fourth-order valence-electron chi connectivity index (χ4n) is 1.62. The van der Waals surface area contributed by atoms with E-state index in [-0.39, 0.29) is 5.91 Å². The zero-order valence-corrected chi connectivity index (χ0v) is 13.2. The topological polar surface area (TPSA) is 32.3 Å². The number of anilines is 1. The Bertz CT molecular complexity index is 563. The van der Waals surface area contributed by atoms with Gasteiger partial charge in [-0.25, -0.2) is 0 Å². The van der Waals surface area contributed by atoms with Crippen molar-refractivity contribution in [2.75, 3.05) is 19.4 Å². The van der Waals surface area contributed by atoms with Gasteiger partial charge in [0.25, 0.3) is 5.91 Å². The average molecular weight is 339 g/mol. The number of rotatable bonds is 4. The number of benzene rings is 1. The van der Waals surface area contributed by atoms with Gasteiger partial charge in [0.2, 0.25) is 0 Å². The van der Waals surface area contributed by atoms with Gasteiger partial charge >= 0.3 is 0 Å². The van der Waals surface area contributed by atoms with Crippen molar-refractivity contribution in [1.82, 2.24) is 4.90 Å². The first-order valence-corrected chi connectivity index (χ1v) is 7.47. The summed E-state index contributed by atoms with van der Waals surface area (Å²) in [5.41, 5.74) is 1.72. The van der Waals surface area contributed by atoms with E-state index in [1.807, 2.05) is 30.3 Å². The van der Waals surface area contributed by atoms with Gasteiger partial charge in [0.05, 0.1) is 3.79 Å². The van der Waals surface area contributed by atoms with Crippen LogP contribution in [0.25, 0.3) is 0 Å². The van der Waals surface area contributed by atoms with Gasteiger partial charge in [-0.1, -0.05) is 0 Å². The van der Waals surface area contributed by atoms with E-state index in [1.54, 1.807) is 30.3 Å². The minimum atomic E-state index is 0.0220. The van der Waals surface area contributed by atoms with E-state index in [0.717, 1.165) is 16.0 Å². The highest BCUT2D eigenvalue weighted by molar-refractivity contribution is 9.11. The van der Waals surface area contributed by atoms with Crippen LogP contribution in [0.4, 0.5) is 5.69 Å². The van der Waals surface area contributed by atoms with Gasteiger partial charge in [-0.2, -0.15) is 0 Å². The molecule has 2 aromatic rings. The molecule has 0 spiro atoms. The highest BCUT2D eigenvalue weighted by Gasteiger charge is 2.07. The Hall–Kier alpha value is -1.33. The standard InChI is InChI=1S/C14H15BrN2OS/c1-17(2)14(18)10-3-5-11(6-4-10)16-9-12-7-8-13(15)19-12/h3-8,16H,9H2,1-2H3. The van der Waals surface area contributed by atoms with Crippen LogP contribution < -0.4 is 5.32 Å². The molecule has 0 atom stereocenters. The van der Waals surface area contributed by atoms with Crippen molar-refractivity contribution >= 4 is 38.9 Å². The molecule has 1 N–H and O–H groups in total. The molecule has 0 aliphatic carbocycles. The molecule has 1 aromatic carbocycles. The van der Waals surface area contributed by atoms with Gasteiger partial charge in [0, 0.05) is 36.8 Å². The lowest BCUT2D eigenvalue weighted by Gasteiger charge is -2.11. The van der Waals surface area contributed by atoms with Crippen molar-refractivity contribution in [3.63, 3.8) is 0 Å². The highest BCUT2D eigenvalue weighted by atomic mass is 79.9. The van der Waals surface area contributed by atoms with Gasteiger partial charge in [-0.3, -0.25) is 4.79 Å². The van der Waals surface area contributed by atoms with E-state index in [2.05, 4.69) is 27.3 Å². The van der Waals surface area contributed by atoms with Crippen molar-refractivity contribution < 1.29 is 4.79 Å². The lowest BCUT2D eigenvalue weighted by molar-refractivity contribution is 0.0827. The van der Waals surface area contributed by atoms with Crippen molar-refractivity contribution in [1.29, 1.82) is 0 Å². The second-order valence-corrected chi connectivity index (χ2v) is 6.88. The quantitative estimate of drug-likeness (QED) is 0.918. The Morgan fingerprint density at radius 2 is 1.89 bits per heavy atom. The highest BCUT2D eigenvalue weighted by Crippen LogP contribution is 2.23. The zero-order valence-electron chi connectivity index (χ0n) is 10.8. The van der Waals surface area contributed by atoms with E-state index in [4.69, 9.17) is 0 Å². The van der Waals surface area contributed by atoms with E-state index in [9.17, 15) is 4.79 Å². The van der Waals surface area contributed by atoms with Crippen LogP contribution in [-0.2, 0) is 6.54 Å². The predicted molar refractivity (Wildman–Crippen MR) is 83.8 cm³/mol. The Labute approximate surface area is 125 Å². The summed E-state index contributed by atoms with van der Waals surface area (Å²) in [6.45, 7) is 0.789. The Balaban J connectivity index is 1.97. The largest absolute Gasteiger partial charge is 0.380 e. The predicted octanol–water partition coefficient (Wildman–Crippen LogP) is 3.82. The normalized spacial score (nSPS) is 10.3. The Morgan fingerprint density at radius 3 is 2.42 bits per heavy atom. The molecule has 0 fully saturated rings. The van der Waals surface area contributed by atoms with Gasteiger partial charge in [-0.15, -0.1) is 11.3 Å². The first-order chi connectivity index (χ1) is 9.06. The van der Waals surface area contributed by atoms with E-state index in [0.29, 0.717) is 5.56 Å². The van der Waals surface area contributed by atoms with Crippen LogP contribution in [0.5, 0.6) is 0 Å². The summed E-state index contributed by atoms with van der Waals surface area (Å²) < 4.78 is 1.14. The second-order valence-electron chi connectivity index (χ2n) is 4.34. The molecular weight excluding hydrogens is 324 g/mol. The van der Waals surface area contributed by atoms with Gasteiger partial charge in [-0.05, 0) is 52.3 Å². The number of hydrogen-bond acceptors (Lipinski definition) is 3.